The standard InChI is InChI=1S/C19H17ClN2O3/c20-15-8-6-13(7-9-15)16-12-17(14-4-2-1-3-5-14)22(21-16)18(23)10-11-19(24)25/h1-9,17H,10-12H2,(H,24,25)/t17-/m1/s1. The predicted octanol–water partition coefficient (Wildman–Crippen LogP) is 3.88. The summed E-state index contributed by atoms with van der Waals surface area (Å²) in [5.74, 6) is -1.29. The lowest BCUT2D eigenvalue weighted by Crippen LogP contribution is -2.27. The minimum Gasteiger partial charge on any atom is -0.481 e. The van der Waals surface area contributed by atoms with Gasteiger partial charge in [-0.25, -0.2) is 5.01 Å². The van der Waals surface area contributed by atoms with E-state index in [4.69, 9.17) is 16.7 Å². The molecule has 0 unspecified atom stereocenters. The van der Waals surface area contributed by atoms with Crippen LogP contribution in [0.4, 0.5) is 0 Å². The second kappa shape index (κ2) is 7.49. The van der Waals surface area contributed by atoms with E-state index in [1.54, 1.807) is 12.1 Å². The van der Waals surface area contributed by atoms with Gasteiger partial charge in [0.1, 0.15) is 0 Å². The number of hydrogen-bond donors (Lipinski definition) is 1. The van der Waals surface area contributed by atoms with Crippen LogP contribution in [0.2, 0.25) is 5.02 Å². The summed E-state index contributed by atoms with van der Waals surface area (Å²) in [4.78, 5) is 23.3. The Balaban J connectivity index is 1.88. The third-order valence-corrected chi connectivity index (χ3v) is 4.33. The van der Waals surface area contributed by atoms with Gasteiger partial charge in [0.2, 0.25) is 5.91 Å². The molecule has 1 aliphatic rings. The molecule has 5 nitrogen and oxygen atoms in total. The molecule has 0 fully saturated rings. The second-order valence-electron chi connectivity index (χ2n) is 5.82. The van der Waals surface area contributed by atoms with Crippen LogP contribution in [0.1, 0.15) is 36.4 Å². The fourth-order valence-electron chi connectivity index (χ4n) is 2.82. The zero-order valence-corrected chi connectivity index (χ0v) is 14.2. The van der Waals surface area contributed by atoms with E-state index in [0.717, 1.165) is 16.8 Å². The van der Waals surface area contributed by atoms with Crippen molar-refractivity contribution < 1.29 is 14.7 Å². The highest BCUT2D eigenvalue weighted by Gasteiger charge is 2.32. The number of aliphatic carboxylic acids is 1. The number of rotatable bonds is 5. The van der Waals surface area contributed by atoms with Crippen LogP contribution in [0.15, 0.2) is 59.7 Å². The Bertz CT molecular complexity index is 803. The van der Waals surface area contributed by atoms with E-state index in [1.807, 2.05) is 42.5 Å². The lowest BCUT2D eigenvalue weighted by molar-refractivity contribution is -0.141. The minimum absolute atomic E-state index is 0.0733. The molecule has 2 aromatic rings. The van der Waals surface area contributed by atoms with Gasteiger partial charge in [-0.15, -0.1) is 0 Å². The van der Waals surface area contributed by atoms with Gasteiger partial charge in [-0.1, -0.05) is 54.1 Å². The molecule has 128 valence electrons. The molecule has 25 heavy (non-hydrogen) atoms. The molecule has 6 heteroatoms. The molecule has 1 heterocycles. The lowest BCUT2D eigenvalue weighted by atomic mass is 9.98. The Morgan fingerprint density at radius 1 is 1.08 bits per heavy atom. The van der Waals surface area contributed by atoms with E-state index in [0.29, 0.717) is 11.4 Å². The number of carboxylic acid groups (broad SMARTS) is 1. The van der Waals surface area contributed by atoms with E-state index in [1.165, 1.54) is 5.01 Å². The number of amides is 1. The molecular formula is C19H17ClN2O3. The zero-order valence-electron chi connectivity index (χ0n) is 13.4. The number of nitrogens with zero attached hydrogens (tertiary/aromatic N) is 2. The molecule has 0 bridgehead atoms. The molecule has 0 radical (unpaired) electrons. The molecule has 1 aliphatic heterocycles. The molecule has 3 rings (SSSR count). The smallest absolute Gasteiger partial charge is 0.303 e. The van der Waals surface area contributed by atoms with Gasteiger partial charge in [0.25, 0.3) is 0 Å². The zero-order chi connectivity index (χ0) is 17.8. The topological polar surface area (TPSA) is 70.0 Å². The summed E-state index contributed by atoms with van der Waals surface area (Å²) in [6, 6.07) is 16.7. The van der Waals surface area contributed by atoms with Gasteiger partial charge in [-0.2, -0.15) is 5.10 Å². The molecule has 2 aromatic carbocycles. The minimum atomic E-state index is -0.995. The van der Waals surface area contributed by atoms with Crippen molar-refractivity contribution in [3.05, 3.63) is 70.7 Å². The SMILES string of the molecule is O=C(O)CCC(=O)N1N=C(c2ccc(Cl)cc2)C[C@@H]1c1ccccc1. The number of benzene rings is 2. The number of carbonyl (C=O) groups excluding carboxylic acids is 1. The van der Waals surface area contributed by atoms with Crippen molar-refractivity contribution >= 4 is 29.2 Å². The Labute approximate surface area is 150 Å². The number of hydrogen-bond acceptors (Lipinski definition) is 3. The summed E-state index contributed by atoms with van der Waals surface area (Å²) in [5, 5.41) is 15.4. The van der Waals surface area contributed by atoms with Crippen LogP contribution in [0.25, 0.3) is 0 Å². The van der Waals surface area contributed by atoms with Gasteiger partial charge in [0, 0.05) is 17.9 Å². The van der Waals surface area contributed by atoms with Crippen molar-refractivity contribution in [1.29, 1.82) is 0 Å². The summed E-state index contributed by atoms with van der Waals surface area (Å²) >= 11 is 5.93. The van der Waals surface area contributed by atoms with Crippen molar-refractivity contribution in [1.82, 2.24) is 5.01 Å². The third kappa shape index (κ3) is 4.06. The molecule has 1 amide bonds. The average molecular weight is 357 g/mol. The Hall–Kier alpha value is -2.66. The van der Waals surface area contributed by atoms with Crippen LogP contribution < -0.4 is 0 Å². The van der Waals surface area contributed by atoms with Crippen LogP contribution in [-0.4, -0.2) is 27.7 Å². The van der Waals surface area contributed by atoms with Crippen molar-refractivity contribution in [3.63, 3.8) is 0 Å². The summed E-state index contributed by atoms with van der Waals surface area (Å²) in [6.45, 7) is 0. The first-order valence-corrected chi connectivity index (χ1v) is 8.34. The maximum Gasteiger partial charge on any atom is 0.303 e. The van der Waals surface area contributed by atoms with E-state index in [-0.39, 0.29) is 24.8 Å². The summed E-state index contributed by atoms with van der Waals surface area (Å²) in [6.07, 6.45) is 0.295. The molecule has 1 atom stereocenters. The maximum atomic E-state index is 12.5. The van der Waals surface area contributed by atoms with Crippen LogP contribution >= 0.6 is 11.6 Å². The molecule has 0 aromatic heterocycles. The fourth-order valence-corrected chi connectivity index (χ4v) is 2.95. The van der Waals surface area contributed by atoms with Gasteiger partial charge >= 0.3 is 5.97 Å². The van der Waals surface area contributed by atoms with Crippen molar-refractivity contribution in [3.8, 4) is 0 Å². The number of hydrazone groups is 1. The van der Waals surface area contributed by atoms with Gasteiger partial charge in [0.15, 0.2) is 0 Å². The van der Waals surface area contributed by atoms with E-state index >= 15 is 0 Å². The monoisotopic (exact) mass is 356 g/mol. The van der Waals surface area contributed by atoms with Gasteiger partial charge in [-0.3, -0.25) is 9.59 Å². The molecule has 0 saturated heterocycles. The van der Waals surface area contributed by atoms with Crippen LogP contribution in [0, 0.1) is 0 Å². The summed E-state index contributed by atoms with van der Waals surface area (Å²) in [5.41, 5.74) is 2.66. The van der Waals surface area contributed by atoms with Crippen molar-refractivity contribution in [2.45, 2.75) is 25.3 Å². The van der Waals surface area contributed by atoms with Gasteiger partial charge in [0.05, 0.1) is 18.2 Å². The molecule has 0 saturated carbocycles. The van der Waals surface area contributed by atoms with Crippen LogP contribution in [0.5, 0.6) is 0 Å². The van der Waals surface area contributed by atoms with Crippen molar-refractivity contribution in [2.75, 3.05) is 0 Å². The highest BCUT2D eigenvalue weighted by molar-refractivity contribution is 6.30. The quantitative estimate of drug-likeness (QED) is 0.883. The number of carboxylic acids is 1. The molecule has 1 N–H and O–H groups in total. The maximum absolute atomic E-state index is 12.5. The number of halogens is 1. The first-order chi connectivity index (χ1) is 12.0. The Morgan fingerprint density at radius 2 is 1.76 bits per heavy atom. The number of carbonyl (C=O) groups is 2. The highest BCUT2D eigenvalue weighted by Crippen LogP contribution is 2.33. The normalized spacial score (nSPS) is 16.6. The predicted molar refractivity (Wildman–Crippen MR) is 95.5 cm³/mol. The van der Waals surface area contributed by atoms with Crippen molar-refractivity contribution in [2.24, 2.45) is 5.10 Å². The van der Waals surface area contributed by atoms with Gasteiger partial charge < -0.3 is 5.11 Å². The van der Waals surface area contributed by atoms with Crippen LogP contribution in [-0.2, 0) is 9.59 Å². The Kier molecular flexibility index (Phi) is 5.14. The third-order valence-electron chi connectivity index (χ3n) is 4.08. The first-order valence-electron chi connectivity index (χ1n) is 7.97. The summed E-state index contributed by atoms with van der Waals surface area (Å²) in [7, 11) is 0. The van der Waals surface area contributed by atoms with E-state index in [9.17, 15) is 9.59 Å². The molecule has 0 aliphatic carbocycles. The fraction of sp³-hybridized carbons (Fsp3) is 0.211. The molecular weight excluding hydrogens is 340 g/mol. The van der Waals surface area contributed by atoms with E-state index in [2.05, 4.69) is 5.10 Å². The highest BCUT2D eigenvalue weighted by atomic mass is 35.5. The second-order valence-corrected chi connectivity index (χ2v) is 6.25. The van der Waals surface area contributed by atoms with Crippen LogP contribution in [0.3, 0.4) is 0 Å². The van der Waals surface area contributed by atoms with Gasteiger partial charge in [-0.05, 0) is 23.3 Å². The van der Waals surface area contributed by atoms with E-state index < -0.39 is 5.97 Å². The largest absolute Gasteiger partial charge is 0.481 e. The lowest BCUT2D eigenvalue weighted by Gasteiger charge is -2.21. The molecule has 0 spiro atoms. The summed E-state index contributed by atoms with van der Waals surface area (Å²) < 4.78 is 0. The average Bonchev–Trinajstić information content (AvgIpc) is 3.06. The Morgan fingerprint density at radius 3 is 2.40 bits per heavy atom. The first kappa shape index (κ1) is 17.2.